The number of aryl methyl sites for hydroxylation is 3. The zero-order valence-electron chi connectivity index (χ0n) is 17.1. The fraction of sp³-hybridized carbons (Fsp3) is 0.261. The lowest BCUT2D eigenvalue weighted by Crippen LogP contribution is -2.10. The quantitative estimate of drug-likeness (QED) is 0.602. The van der Waals surface area contributed by atoms with Gasteiger partial charge in [-0.05, 0) is 62.6 Å². The molecule has 3 rings (SSSR count). The van der Waals surface area contributed by atoms with E-state index in [9.17, 15) is 4.79 Å². The zero-order chi connectivity index (χ0) is 20.4. The molecule has 5 nitrogen and oxygen atoms in total. The minimum atomic E-state index is -0.231. The number of allylic oxidation sites excluding steroid dienone is 1. The summed E-state index contributed by atoms with van der Waals surface area (Å²) in [6, 6.07) is 7.66. The average Bonchev–Trinajstić information content (AvgIpc) is 3.03. The summed E-state index contributed by atoms with van der Waals surface area (Å²) >= 11 is 0. The van der Waals surface area contributed by atoms with Crippen LogP contribution in [0.2, 0.25) is 0 Å². The first-order chi connectivity index (χ1) is 13.3. The number of nitrogens with one attached hydrogen (secondary N) is 1. The van der Waals surface area contributed by atoms with Crippen molar-refractivity contribution in [3.63, 3.8) is 0 Å². The Balaban J connectivity index is 1.98. The third kappa shape index (κ3) is 3.60. The summed E-state index contributed by atoms with van der Waals surface area (Å²) in [6.45, 7) is 7.81. The lowest BCUT2D eigenvalue weighted by molar-refractivity contribution is -0.111. The van der Waals surface area contributed by atoms with Gasteiger partial charge in [0.1, 0.15) is 17.1 Å². The van der Waals surface area contributed by atoms with E-state index in [1.165, 1.54) is 0 Å². The second-order valence-electron chi connectivity index (χ2n) is 6.90. The molecule has 2 aromatic carbocycles. The smallest absolute Gasteiger partial charge is 0.248 e. The number of ether oxygens (including phenoxy) is 2. The van der Waals surface area contributed by atoms with Crippen LogP contribution in [0, 0.1) is 20.8 Å². The van der Waals surface area contributed by atoms with E-state index in [4.69, 9.17) is 13.9 Å². The number of amides is 1. The number of carbonyl (C=O) groups is 1. The van der Waals surface area contributed by atoms with E-state index in [2.05, 4.69) is 5.32 Å². The molecule has 0 aliphatic carbocycles. The Kier molecular flexibility index (Phi) is 5.45. The fourth-order valence-electron chi connectivity index (χ4n) is 3.36. The summed E-state index contributed by atoms with van der Waals surface area (Å²) < 4.78 is 16.6. The standard InChI is InChI=1S/C23H25NO4/c1-13-7-8-20(26-5)19(9-13)24-21(25)10-14(2)17-11-18-15(3)12-28-23(18)16(4)22(17)27-6/h7-12H,1-6H3,(H,24,25)/b14-10+. The Morgan fingerprint density at radius 2 is 1.86 bits per heavy atom. The third-order valence-corrected chi connectivity index (χ3v) is 4.83. The third-order valence-electron chi connectivity index (χ3n) is 4.83. The maximum atomic E-state index is 12.6. The van der Waals surface area contributed by atoms with Crippen LogP contribution in [0.15, 0.2) is 41.0 Å². The largest absolute Gasteiger partial charge is 0.496 e. The monoisotopic (exact) mass is 379 g/mol. The average molecular weight is 379 g/mol. The van der Waals surface area contributed by atoms with Crippen LogP contribution in [-0.4, -0.2) is 20.1 Å². The number of benzene rings is 2. The van der Waals surface area contributed by atoms with Gasteiger partial charge >= 0.3 is 0 Å². The van der Waals surface area contributed by atoms with E-state index < -0.39 is 0 Å². The molecule has 0 aliphatic heterocycles. The maximum absolute atomic E-state index is 12.6. The minimum Gasteiger partial charge on any atom is -0.496 e. The van der Waals surface area contributed by atoms with E-state index in [0.29, 0.717) is 17.2 Å². The molecule has 1 heterocycles. The van der Waals surface area contributed by atoms with Crippen molar-refractivity contribution in [2.24, 2.45) is 0 Å². The molecule has 0 atom stereocenters. The molecule has 0 radical (unpaired) electrons. The first-order valence-corrected chi connectivity index (χ1v) is 9.05. The van der Waals surface area contributed by atoms with Crippen molar-refractivity contribution in [3.05, 3.63) is 58.9 Å². The van der Waals surface area contributed by atoms with Gasteiger partial charge < -0.3 is 19.2 Å². The van der Waals surface area contributed by atoms with Crippen LogP contribution in [-0.2, 0) is 4.79 Å². The number of methoxy groups -OCH3 is 2. The predicted octanol–water partition coefficient (Wildman–Crippen LogP) is 5.42. The minimum absolute atomic E-state index is 0.231. The van der Waals surface area contributed by atoms with Crippen LogP contribution in [0.25, 0.3) is 16.5 Å². The van der Waals surface area contributed by atoms with Crippen molar-refractivity contribution < 1.29 is 18.7 Å². The number of carbonyl (C=O) groups excluding carboxylic acids is 1. The van der Waals surface area contributed by atoms with Crippen LogP contribution in [0.5, 0.6) is 11.5 Å². The van der Waals surface area contributed by atoms with Crippen molar-refractivity contribution >= 4 is 28.1 Å². The van der Waals surface area contributed by atoms with Gasteiger partial charge in [0.15, 0.2) is 0 Å². The first-order valence-electron chi connectivity index (χ1n) is 9.05. The van der Waals surface area contributed by atoms with Crippen LogP contribution in [0.1, 0.15) is 29.2 Å². The molecule has 0 aliphatic rings. The molecule has 0 saturated heterocycles. The maximum Gasteiger partial charge on any atom is 0.248 e. The summed E-state index contributed by atoms with van der Waals surface area (Å²) in [5.41, 5.74) is 6.10. The van der Waals surface area contributed by atoms with E-state index >= 15 is 0 Å². The van der Waals surface area contributed by atoms with Crippen molar-refractivity contribution in [3.8, 4) is 11.5 Å². The van der Waals surface area contributed by atoms with Crippen LogP contribution >= 0.6 is 0 Å². The number of rotatable bonds is 5. The molecule has 5 heteroatoms. The fourth-order valence-corrected chi connectivity index (χ4v) is 3.36. The van der Waals surface area contributed by atoms with Gasteiger partial charge in [0.2, 0.25) is 5.91 Å². The van der Waals surface area contributed by atoms with E-state index in [1.807, 2.05) is 52.0 Å². The van der Waals surface area contributed by atoms with Crippen LogP contribution in [0.4, 0.5) is 5.69 Å². The predicted molar refractivity (Wildman–Crippen MR) is 112 cm³/mol. The van der Waals surface area contributed by atoms with Crippen molar-refractivity contribution in [1.29, 1.82) is 0 Å². The SMILES string of the molecule is COc1ccc(C)cc1NC(=O)/C=C(\C)c1cc2c(C)coc2c(C)c1OC. The molecule has 1 amide bonds. The van der Waals surface area contributed by atoms with Gasteiger partial charge in [0.25, 0.3) is 0 Å². The van der Waals surface area contributed by atoms with Gasteiger partial charge in [-0.15, -0.1) is 0 Å². The Morgan fingerprint density at radius 3 is 2.54 bits per heavy atom. The molecule has 0 unspecified atom stereocenters. The molecule has 1 aromatic heterocycles. The zero-order valence-corrected chi connectivity index (χ0v) is 17.1. The van der Waals surface area contributed by atoms with Gasteiger partial charge in [-0.25, -0.2) is 0 Å². The number of anilines is 1. The van der Waals surface area contributed by atoms with Gasteiger partial charge in [-0.2, -0.15) is 0 Å². The molecule has 1 N–H and O–H groups in total. The highest BCUT2D eigenvalue weighted by Crippen LogP contribution is 2.37. The Labute approximate surface area is 164 Å². The van der Waals surface area contributed by atoms with Crippen molar-refractivity contribution in [2.45, 2.75) is 27.7 Å². The summed E-state index contributed by atoms with van der Waals surface area (Å²) in [6.07, 6.45) is 3.30. The summed E-state index contributed by atoms with van der Waals surface area (Å²) in [5.74, 6) is 1.09. The molecule has 0 bridgehead atoms. The second-order valence-corrected chi connectivity index (χ2v) is 6.90. The number of hydrogen-bond acceptors (Lipinski definition) is 4. The summed E-state index contributed by atoms with van der Waals surface area (Å²) in [4.78, 5) is 12.6. The van der Waals surface area contributed by atoms with Gasteiger partial charge in [0, 0.05) is 22.6 Å². The van der Waals surface area contributed by atoms with Gasteiger partial charge in [-0.1, -0.05) is 6.07 Å². The number of hydrogen-bond donors (Lipinski definition) is 1. The molecule has 0 fully saturated rings. The Morgan fingerprint density at radius 1 is 1.11 bits per heavy atom. The highest BCUT2D eigenvalue weighted by molar-refractivity contribution is 6.05. The van der Waals surface area contributed by atoms with Crippen LogP contribution in [0.3, 0.4) is 0 Å². The summed E-state index contributed by atoms with van der Waals surface area (Å²) in [7, 11) is 3.20. The Bertz CT molecular complexity index is 1080. The topological polar surface area (TPSA) is 60.7 Å². The Hall–Kier alpha value is -3.21. The number of furan rings is 1. The highest BCUT2D eigenvalue weighted by atomic mass is 16.5. The normalized spacial score (nSPS) is 11.6. The van der Waals surface area contributed by atoms with Crippen LogP contribution < -0.4 is 14.8 Å². The van der Waals surface area contributed by atoms with E-state index in [-0.39, 0.29) is 5.91 Å². The second kappa shape index (κ2) is 7.80. The van der Waals surface area contributed by atoms with E-state index in [0.717, 1.165) is 38.8 Å². The molecule has 146 valence electrons. The molecule has 28 heavy (non-hydrogen) atoms. The summed E-state index contributed by atoms with van der Waals surface area (Å²) in [5, 5.41) is 3.91. The molecular formula is C23H25NO4. The molecular weight excluding hydrogens is 354 g/mol. The highest BCUT2D eigenvalue weighted by Gasteiger charge is 2.17. The molecule has 0 saturated carbocycles. The first kappa shape index (κ1) is 19.5. The van der Waals surface area contributed by atoms with Crippen molar-refractivity contribution in [1.82, 2.24) is 0 Å². The lowest BCUT2D eigenvalue weighted by atomic mass is 9.98. The van der Waals surface area contributed by atoms with Gasteiger partial charge in [0.05, 0.1) is 26.2 Å². The molecule has 0 spiro atoms. The lowest BCUT2D eigenvalue weighted by Gasteiger charge is -2.13. The van der Waals surface area contributed by atoms with Crippen molar-refractivity contribution in [2.75, 3.05) is 19.5 Å². The van der Waals surface area contributed by atoms with Gasteiger partial charge in [-0.3, -0.25) is 4.79 Å². The number of fused-ring (bicyclic) bond motifs is 1. The van der Waals surface area contributed by atoms with E-state index in [1.54, 1.807) is 26.6 Å². The molecule has 3 aromatic rings.